The fourth-order valence-corrected chi connectivity index (χ4v) is 2.36. The molecule has 0 aromatic heterocycles. The Kier molecular flexibility index (Phi) is 6.26. The first-order chi connectivity index (χ1) is 7.24. The highest BCUT2D eigenvalue weighted by Gasteiger charge is 2.19. The minimum Gasteiger partial charge on any atom is -0.383 e. The van der Waals surface area contributed by atoms with E-state index < -0.39 is 0 Å². The van der Waals surface area contributed by atoms with Crippen LogP contribution in [0.1, 0.15) is 52.4 Å². The first-order valence-corrected chi connectivity index (χ1v) is 6.49. The Morgan fingerprint density at radius 3 is 2.20 bits per heavy atom. The summed E-state index contributed by atoms with van der Waals surface area (Å²) in [5.41, 5.74) is 0. The Morgan fingerprint density at radius 2 is 1.73 bits per heavy atom. The molecule has 1 saturated carbocycles. The molecule has 2 nitrogen and oxygen atoms in total. The minimum absolute atomic E-state index is 0.526. The molecule has 0 heterocycles. The average Bonchev–Trinajstić information content (AvgIpc) is 2.45. The molecule has 0 saturated heterocycles. The van der Waals surface area contributed by atoms with Crippen molar-refractivity contribution in [1.29, 1.82) is 0 Å². The highest BCUT2D eigenvalue weighted by atomic mass is 16.5. The van der Waals surface area contributed by atoms with E-state index in [4.69, 9.17) is 4.74 Å². The Bertz CT molecular complexity index is 151. The third-order valence-electron chi connectivity index (χ3n) is 3.46. The summed E-state index contributed by atoms with van der Waals surface area (Å²) < 4.78 is 5.28. The van der Waals surface area contributed by atoms with Crippen molar-refractivity contribution >= 4 is 0 Å². The summed E-state index contributed by atoms with van der Waals surface area (Å²) in [6.07, 6.45) is 8.36. The van der Waals surface area contributed by atoms with Crippen LogP contribution in [0.25, 0.3) is 0 Å². The van der Waals surface area contributed by atoms with Crippen molar-refractivity contribution in [3.63, 3.8) is 0 Å². The predicted molar refractivity (Wildman–Crippen MR) is 65.1 cm³/mol. The molecular formula is C13H27NO. The molecule has 1 aliphatic carbocycles. The molecule has 1 unspecified atom stereocenters. The van der Waals surface area contributed by atoms with Crippen LogP contribution >= 0.6 is 0 Å². The van der Waals surface area contributed by atoms with Gasteiger partial charge in [0, 0.05) is 19.2 Å². The van der Waals surface area contributed by atoms with Crippen LogP contribution < -0.4 is 5.32 Å². The smallest absolute Gasteiger partial charge is 0.0618 e. The third-order valence-corrected chi connectivity index (χ3v) is 3.46. The highest BCUT2D eigenvalue weighted by Crippen LogP contribution is 2.18. The zero-order valence-corrected chi connectivity index (χ0v) is 10.6. The van der Waals surface area contributed by atoms with E-state index in [-0.39, 0.29) is 0 Å². The van der Waals surface area contributed by atoms with Gasteiger partial charge in [-0.3, -0.25) is 0 Å². The van der Waals surface area contributed by atoms with E-state index in [1.165, 1.54) is 38.5 Å². The lowest BCUT2D eigenvalue weighted by atomic mass is 10.0. The molecular weight excluding hydrogens is 186 g/mol. The number of hydrogen-bond donors (Lipinski definition) is 1. The summed E-state index contributed by atoms with van der Waals surface area (Å²) >= 11 is 0. The van der Waals surface area contributed by atoms with Crippen molar-refractivity contribution in [3.05, 3.63) is 0 Å². The molecule has 1 fully saturated rings. The van der Waals surface area contributed by atoms with Gasteiger partial charge in [0.15, 0.2) is 0 Å². The van der Waals surface area contributed by atoms with Gasteiger partial charge in [0.05, 0.1) is 6.61 Å². The van der Waals surface area contributed by atoms with Crippen LogP contribution in [0.4, 0.5) is 0 Å². The van der Waals surface area contributed by atoms with E-state index in [9.17, 15) is 0 Å². The second kappa shape index (κ2) is 7.24. The Morgan fingerprint density at radius 1 is 1.13 bits per heavy atom. The molecule has 0 radical (unpaired) electrons. The van der Waals surface area contributed by atoms with Crippen LogP contribution in [0.2, 0.25) is 0 Å². The van der Waals surface area contributed by atoms with Crippen LogP contribution in [0.3, 0.4) is 0 Å². The van der Waals surface area contributed by atoms with E-state index in [1.54, 1.807) is 7.11 Å². The molecule has 1 atom stereocenters. The van der Waals surface area contributed by atoms with Crippen LogP contribution in [0.5, 0.6) is 0 Å². The summed E-state index contributed by atoms with van der Waals surface area (Å²) in [6.45, 7) is 5.38. The van der Waals surface area contributed by atoms with E-state index in [0.29, 0.717) is 12.0 Å². The van der Waals surface area contributed by atoms with Crippen molar-refractivity contribution in [1.82, 2.24) is 5.32 Å². The second-order valence-corrected chi connectivity index (χ2v) is 5.16. The van der Waals surface area contributed by atoms with Gasteiger partial charge < -0.3 is 10.1 Å². The maximum absolute atomic E-state index is 5.28. The zero-order chi connectivity index (χ0) is 11.1. The van der Waals surface area contributed by atoms with E-state index >= 15 is 0 Å². The van der Waals surface area contributed by atoms with Crippen LogP contribution in [-0.2, 0) is 4.74 Å². The molecule has 1 aliphatic rings. The van der Waals surface area contributed by atoms with Crippen molar-refractivity contribution < 1.29 is 4.74 Å². The predicted octanol–water partition coefficient (Wildman–Crippen LogP) is 2.97. The summed E-state index contributed by atoms with van der Waals surface area (Å²) in [6, 6.07) is 1.26. The molecule has 0 bridgehead atoms. The molecule has 0 aromatic rings. The highest BCUT2D eigenvalue weighted by molar-refractivity contribution is 4.78. The lowest BCUT2D eigenvalue weighted by Crippen LogP contribution is -2.44. The Labute approximate surface area is 94.8 Å². The van der Waals surface area contributed by atoms with Crippen LogP contribution in [0.15, 0.2) is 0 Å². The summed E-state index contributed by atoms with van der Waals surface area (Å²) in [5.74, 6) is 0.660. The van der Waals surface area contributed by atoms with E-state index in [0.717, 1.165) is 12.6 Å². The van der Waals surface area contributed by atoms with Crippen LogP contribution in [0, 0.1) is 5.92 Å². The topological polar surface area (TPSA) is 21.3 Å². The van der Waals surface area contributed by atoms with Gasteiger partial charge in [-0.2, -0.15) is 0 Å². The van der Waals surface area contributed by atoms with Gasteiger partial charge in [-0.1, -0.05) is 39.5 Å². The molecule has 15 heavy (non-hydrogen) atoms. The third kappa shape index (κ3) is 4.98. The second-order valence-electron chi connectivity index (χ2n) is 5.16. The maximum atomic E-state index is 5.28. The fraction of sp³-hybridized carbons (Fsp3) is 1.00. The number of methoxy groups -OCH3 is 1. The number of nitrogens with one attached hydrogen (secondary N) is 1. The van der Waals surface area contributed by atoms with Crippen LogP contribution in [-0.4, -0.2) is 25.8 Å². The monoisotopic (exact) mass is 213 g/mol. The molecule has 0 aromatic carbocycles. The molecule has 90 valence electrons. The molecule has 1 rings (SSSR count). The zero-order valence-electron chi connectivity index (χ0n) is 10.6. The van der Waals surface area contributed by atoms with Gasteiger partial charge in [0.1, 0.15) is 0 Å². The van der Waals surface area contributed by atoms with Crippen molar-refractivity contribution in [3.8, 4) is 0 Å². The average molecular weight is 213 g/mol. The van der Waals surface area contributed by atoms with Crippen molar-refractivity contribution in [2.45, 2.75) is 64.5 Å². The van der Waals surface area contributed by atoms with E-state index in [2.05, 4.69) is 19.2 Å². The molecule has 1 N–H and O–H groups in total. The minimum atomic E-state index is 0.526. The summed E-state index contributed by atoms with van der Waals surface area (Å²) in [7, 11) is 1.80. The quantitative estimate of drug-likeness (QED) is 0.709. The maximum Gasteiger partial charge on any atom is 0.0618 e. The Balaban J connectivity index is 2.34. The van der Waals surface area contributed by atoms with Gasteiger partial charge in [0.25, 0.3) is 0 Å². The van der Waals surface area contributed by atoms with E-state index in [1.807, 2.05) is 0 Å². The standard InChI is InChI=1S/C13H27NO/c1-11(2)13(10-15-3)14-12-8-6-4-5-7-9-12/h11-14H,4-10H2,1-3H3. The first-order valence-electron chi connectivity index (χ1n) is 6.49. The molecule has 0 spiro atoms. The fourth-order valence-electron chi connectivity index (χ4n) is 2.36. The number of ether oxygens (including phenoxy) is 1. The van der Waals surface area contributed by atoms with Gasteiger partial charge in [-0.25, -0.2) is 0 Å². The number of rotatable bonds is 5. The first kappa shape index (κ1) is 13.0. The van der Waals surface area contributed by atoms with Gasteiger partial charge in [-0.05, 0) is 18.8 Å². The summed E-state index contributed by atoms with van der Waals surface area (Å²) in [5, 5.41) is 3.77. The lowest BCUT2D eigenvalue weighted by Gasteiger charge is -2.27. The van der Waals surface area contributed by atoms with Gasteiger partial charge in [-0.15, -0.1) is 0 Å². The van der Waals surface area contributed by atoms with Crippen molar-refractivity contribution in [2.24, 2.45) is 5.92 Å². The summed E-state index contributed by atoms with van der Waals surface area (Å²) in [4.78, 5) is 0. The molecule has 2 heteroatoms. The Hall–Kier alpha value is -0.0800. The van der Waals surface area contributed by atoms with Gasteiger partial charge in [0.2, 0.25) is 0 Å². The molecule has 0 amide bonds. The normalized spacial score (nSPS) is 21.6. The SMILES string of the molecule is COCC(NC1CCCCCC1)C(C)C. The van der Waals surface area contributed by atoms with Crippen molar-refractivity contribution in [2.75, 3.05) is 13.7 Å². The molecule has 0 aliphatic heterocycles. The number of hydrogen-bond acceptors (Lipinski definition) is 2. The lowest BCUT2D eigenvalue weighted by molar-refractivity contribution is 0.138. The largest absolute Gasteiger partial charge is 0.383 e. The van der Waals surface area contributed by atoms with Gasteiger partial charge >= 0.3 is 0 Å².